The topological polar surface area (TPSA) is 58.4 Å². The third-order valence-electron chi connectivity index (χ3n) is 3.02. The van der Waals surface area contributed by atoms with Gasteiger partial charge in [0.1, 0.15) is 11.5 Å². The number of hydrogen-bond acceptors (Lipinski definition) is 3. The Hall–Kier alpha value is -2.28. The van der Waals surface area contributed by atoms with Gasteiger partial charge in [-0.2, -0.15) is 5.10 Å². The van der Waals surface area contributed by atoms with Crippen molar-refractivity contribution < 1.29 is 18.7 Å². The molecule has 2 aromatic rings. The lowest BCUT2D eigenvalue weighted by Gasteiger charge is -2.18. The molecule has 0 atom stereocenters. The molecule has 1 heterocycles. The van der Waals surface area contributed by atoms with Crippen LogP contribution in [0, 0.1) is 11.6 Å². The molecular formula is C14H15F2N3O2. The van der Waals surface area contributed by atoms with E-state index in [1.54, 1.807) is 6.92 Å². The van der Waals surface area contributed by atoms with Crippen LogP contribution in [0.15, 0.2) is 30.6 Å². The lowest BCUT2D eigenvalue weighted by atomic mass is 10.3. The maximum absolute atomic E-state index is 13.7. The lowest BCUT2D eigenvalue weighted by Crippen LogP contribution is -2.33. The van der Waals surface area contributed by atoms with Crippen LogP contribution in [0.3, 0.4) is 0 Å². The highest BCUT2D eigenvalue weighted by Crippen LogP contribution is 2.15. The number of aromatic nitrogens is 2. The molecule has 5 nitrogen and oxygen atoms in total. The third kappa shape index (κ3) is 3.25. The standard InChI is InChI=1S/C14H15F2N3O2/c1-2-18(5-6-20)14(21)10-8-17-19(9-10)13-4-3-11(15)7-12(13)16/h3-4,7-9,20H,2,5-6H2,1H3. The predicted octanol–water partition coefficient (Wildman–Crippen LogP) is 1.60. The number of carbonyl (C=O) groups excluding carboxylic acids is 1. The minimum Gasteiger partial charge on any atom is -0.395 e. The van der Waals surface area contributed by atoms with Crippen LogP contribution >= 0.6 is 0 Å². The predicted molar refractivity (Wildman–Crippen MR) is 72.1 cm³/mol. The first-order valence-electron chi connectivity index (χ1n) is 6.47. The van der Waals surface area contributed by atoms with Crippen molar-refractivity contribution in [2.24, 2.45) is 0 Å². The van der Waals surface area contributed by atoms with Gasteiger partial charge in [-0.25, -0.2) is 13.5 Å². The van der Waals surface area contributed by atoms with Gasteiger partial charge >= 0.3 is 0 Å². The molecule has 0 bridgehead atoms. The average Bonchev–Trinajstić information content (AvgIpc) is 2.93. The number of likely N-dealkylation sites (N-methyl/N-ethyl adjacent to an activating group) is 1. The Kier molecular flexibility index (Phi) is 4.64. The van der Waals surface area contributed by atoms with E-state index in [-0.39, 0.29) is 30.3 Å². The summed E-state index contributed by atoms with van der Waals surface area (Å²) < 4.78 is 27.7. The van der Waals surface area contributed by atoms with Crippen molar-refractivity contribution in [3.05, 3.63) is 47.8 Å². The quantitative estimate of drug-likeness (QED) is 0.911. The van der Waals surface area contributed by atoms with Crippen molar-refractivity contribution in [1.29, 1.82) is 0 Å². The minimum absolute atomic E-state index is 0.0562. The molecule has 0 aliphatic carbocycles. The molecule has 0 unspecified atom stereocenters. The van der Waals surface area contributed by atoms with Gasteiger partial charge in [0.25, 0.3) is 5.91 Å². The molecule has 0 spiro atoms. The van der Waals surface area contributed by atoms with Gasteiger partial charge in [0.05, 0.1) is 18.4 Å². The molecule has 0 aliphatic heterocycles. The Labute approximate surface area is 120 Å². The number of hydrogen-bond donors (Lipinski definition) is 1. The number of benzene rings is 1. The molecule has 0 fully saturated rings. The fourth-order valence-electron chi connectivity index (χ4n) is 1.94. The molecular weight excluding hydrogens is 280 g/mol. The smallest absolute Gasteiger partial charge is 0.257 e. The summed E-state index contributed by atoms with van der Waals surface area (Å²) >= 11 is 0. The number of halogens is 2. The molecule has 1 aromatic carbocycles. The summed E-state index contributed by atoms with van der Waals surface area (Å²) in [6.07, 6.45) is 2.68. The molecule has 0 radical (unpaired) electrons. The number of rotatable bonds is 5. The van der Waals surface area contributed by atoms with E-state index in [1.807, 2.05) is 0 Å². The molecule has 2 rings (SSSR count). The maximum Gasteiger partial charge on any atom is 0.257 e. The molecule has 21 heavy (non-hydrogen) atoms. The average molecular weight is 295 g/mol. The summed E-state index contributed by atoms with van der Waals surface area (Å²) in [4.78, 5) is 13.6. The van der Waals surface area contributed by atoms with Gasteiger partial charge in [0.2, 0.25) is 0 Å². The second-order valence-electron chi connectivity index (χ2n) is 4.38. The van der Waals surface area contributed by atoms with Gasteiger partial charge in [0, 0.05) is 25.4 Å². The first kappa shape index (κ1) is 15.1. The number of nitrogens with zero attached hydrogens (tertiary/aromatic N) is 3. The van der Waals surface area contributed by atoms with Gasteiger partial charge in [0.15, 0.2) is 5.82 Å². The van der Waals surface area contributed by atoms with E-state index < -0.39 is 11.6 Å². The van der Waals surface area contributed by atoms with E-state index in [2.05, 4.69) is 5.10 Å². The third-order valence-corrected chi connectivity index (χ3v) is 3.02. The van der Waals surface area contributed by atoms with Crippen LogP contribution in [0.25, 0.3) is 5.69 Å². The van der Waals surface area contributed by atoms with Crippen LogP contribution < -0.4 is 0 Å². The van der Waals surface area contributed by atoms with Crippen LogP contribution in [0.4, 0.5) is 8.78 Å². The molecule has 0 saturated carbocycles. The maximum atomic E-state index is 13.7. The Morgan fingerprint density at radius 2 is 2.19 bits per heavy atom. The van der Waals surface area contributed by atoms with Crippen molar-refractivity contribution in [2.45, 2.75) is 6.92 Å². The molecule has 7 heteroatoms. The van der Waals surface area contributed by atoms with Crippen LogP contribution in [-0.2, 0) is 0 Å². The SMILES string of the molecule is CCN(CCO)C(=O)c1cnn(-c2ccc(F)cc2F)c1. The van der Waals surface area contributed by atoms with Crippen LogP contribution in [0.1, 0.15) is 17.3 Å². The van der Waals surface area contributed by atoms with Gasteiger partial charge in [-0.3, -0.25) is 4.79 Å². The van der Waals surface area contributed by atoms with Crippen molar-refractivity contribution in [3.63, 3.8) is 0 Å². The van der Waals surface area contributed by atoms with E-state index in [0.717, 1.165) is 12.1 Å². The Balaban J connectivity index is 2.27. The lowest BCUT2D eigenvalue weighted by molar-refractivity contribution is 0.0732. The van der Waals surface area contributed by atoms with Crippen molar-refractivity contribution in [1.82, 2.24) is 14.7 Å². The molecule has 112 valence electrons. The van der Waals surface area contributed by atoms with Gasteiger partial charge < -0.3 is 10.0 Å². The molecule has 0 aliphatic rings. The highest BCUT2D eigenvalue weighted by molar-refractivity contribution is 5.93. The van der Waals surface area contributed by atoms with Crippen LogP contribution in [0.2, 0.25) is 0 Å². The Morgan fingerprint density at radius 1 is 1.43 bits per heavy atom. The van der Waals surface area contributed by atoms with Crippen LogP contribution in [0.5, 0.6) is 0 Å². The minimum atomic E-state index is -0.764. The fourth-order valence-corrected chi connectivity index (χ4v) is 1.94. The van der Waals surface area contributed by atoms with Crippen molar-refractivity contribution >= 4 is 5.91 Å². The van der Waals surface area contributed by atoms with Crippen molar-refractivity contribution in [3.8, 4) is 5.69 Å². The number of carbonyl (C=O) groups is 1. The van der Waals surface area contributed by atoms with Gasteiger partial charge in [-0.05, 0) is 19.1 Å². The van der Waals surface area contributed by atoms with E-state index in [4.69, 9.17) is 5.11 Å². The first-order valence-corrected chi connectivity index (χ1v) is 6.47. The highest BCUT2D eigenvalue weighted by atomic mass is 19.1. The summed E-state index contributed by atoms with van der Waals surface area (Å²) in [5.41, 5.74) is 0.328. The Morgan fingerprint density at radius 3 is 2.81 bits per heavy atom. The second-order valence-corrected chi connectivity index (χ2v) is 4.38. The molecule has 1 amide bonds. The summed E-state index contributed by atoms with van der Waals surface area (Å²) in [6, 6.07) is 3.12. The number of aliphatic hydroxyl groups is 1. The molecule has 0 saturated heterocycles. The summed E-state index contributed by atoms with van der Waals surface area (Å²) in [5, 5.41) is 12.8. The largest absolute Gasteiger partial charge is 0.395 e. The zero-order valence-electron chi connectivity index (χ0n) is 11.5. The Bertz CT molecular complexity index is 643. The summed E-state index contributed by atoms with van der Waals surface area (Å²) in [6.45, 7) is 2.30. The second kappa shape index (κ2) is 6.45. The number of aliphatic hydroxyl groups excluding tert-OH is 1. The number of amides is 1. The fraction of sp³-hybridized carbons (Fsp3) is 0.286. The van der Waals surface area contributed by atoms with Crippen LogP contribution in [-0.4, -0.2) is 45.4 Å². The molecule has 1 aromatic heterocycles. The van der Waals surface area contributed by atoms with Gasteiger partial charge in [-0.15, -0.1) is 0 Å². The first-order chi connectivity index (χ1) is 10.1. The zero-order valence-corrected chi connectivity index (χ0v) is 11.5. The van der Waals surface area contributed by atoms with E-state index in [1.165, 1.54) is 28.0 Å². The van der Waals surface area contributed by atoms with E-state index in [9.17, 15) is 13.6 Å². The summed E-state index contributed by atoms with van der Waals surface area (Å²) in [7, 11) is 0. The molecule has 1 N–H and O–H groups in total. The van der Waals surface area contributed by atoms with E-state index in [0.29, 0.717) is 6.54 Å². The van der Waals surface area contributed by atoms with Gasteiger partial charge in [-0.1, -0.05) is 0 Å². The monoisotopic (exact) mass is 295 g/mol. The van der Waals surface area contributed by atoms with Crippen molar-refractivity contribution in [2.75, 3.05) is 19.7 Å². The zero-order chi connectivity index (χ0) is 15.4. The highest BCUT2D eigenvalue weighted by Gasteiger charge is 2.16. The van der Waals surface area contributed by atoms with E-state index >= 15 is 0 Å². The summed E-state index contributed by atoms with van der Waals surface area (Å²) in [5.74, 6) is -1.75. The normalized spacial score (nSPS) is 10.7.